The third-order valence-corrected chi connectivity index (χ3v) is 2.69. The molecule has 0 N–H and O–H groups in total. The Balaban J connectivity index is 1.87. The van der Waals surface area contributed by atoms with Crippen molar-refractivity contribution in [3.05, 3.63) is 35.5 Å². The second kappa shape index (κ2) is 3.92. The molecule has 0 aliphatic carbocycles. The SMILES string of the molecule is Clc1ccc2ncc(OCC3CO3)cc2c1. The molecule has 0 saturated carbocycles. The summed E-state index contributed by atoms with van der Waals surface area (Å²) in [6.07, 6.45) is 1.98. The minimum atomic E-state index is 0.259. The molecule has 1 unspecified atom stereocenters. The number of fused-ring (bicyclic) bond motifs is 1. The van der Waals surface area contributed by atoms with E-state index in [1.165, 1.54) is 0 Å². The molecule has 1 aromatic carbocycles. The molecule has 16 heavy (non-hydrogen) atoms. The zero-order valence-corrected chi connectivity index (χ0v) is 9.28. The Labute approximate surface area is 98.0 Å². The summed E-state index contributed by atoms with van der Waals surface area (Å²) in [6, 6.07) is 7.54. The number of hydrogen-bond acceptors (Lipinski definition) is 3. The van der Waals surface area contributed by atoms with E-state index in [4.69, 9.17) is 21.1 Å². The van der Waals surface area contributed by atoms with Gasteiger partial charge in [0, 0.05) is 10.4 Å². The molecule has 2 heterocycles. The number of rotatable bonds is 3. The molecule has 3 rings (SSSR count). The van der Waals surface area contributed by atoms with Crippen LogP contribution in [0.3, 0.4) is 0 Å². The number of epoxide rings is 1. The van der Waals surface area contributed by atoms with Crippen LogP contribution in [-0.2, 0) is 4.74 Å². The summed E-state index contributed by atoms with van der Waals surface area (Å²) in [5.41, 5.74) is 0.916. The molecular weight excluding hydrogens is 226 g/mol. The van der Waals surface area contributed by atoms with E-state index in [2.05, 4.69) is 4.98 Å². The molecule has 1 aliphatic rings. The summed E-state index contributed by atoms with van der Waals surface area (Å²) in [5.74, 6) is 0.755. The number of pyridine rings is 1. The first-order valence-electron chi connectivity index (χ1n) is 5.11. The molecule has 82 valence electrons. The highest BCUT2D eigenvalue weighted by molar-refractivity contribution is 6.31. The van der Waals surface area contributed by atoms with Gasteiger partial charge in [-0.2, -0.15) is 0 Å². The monoisotopic (exact) mass is 235 g/mol. The number of benzene rings is 1. The van der Waals surface area contributed by atoms with Crippen molar-refractivity contribution < 1.29 is 9.47 Å². The minimum Gasteiger partial charge on any atom is -0.489 e. The van der Waals surface area contributed by atoms with E-state index in [0.29, 0.717) is 11.6 Å². The van der Waals surface area contributed by atoms with Gasteiger partial charge in [0.2, 0.25) is 0 Å². The Hall–Kier alpha value is -1.32. The largest absolute Gasteiger partial charge is 0.489 e. The highest BCUT2D eigenvalue weighted by atomic mass is 35.5. The van der Waals surface area contributed by atoms with Crippen LogP contribution in [0.5, 0.6) is 5.75 Å². The fourth-order valence-electron chi connectivity index (χ4n) is 1.51. The first-order valence-corrected chi connectivity index (χ1v) is 5.49. The van der Waals surface area contributed by atoms with Gasteiger partial charge in [-0.1, -0.05) is 11.6 Å². The highest BCUT2D eigenvalue weighted by Crippen LogP contribution is 2.22. The van der Waals surface area contributed by atoms with Crippen LogP contribution >= 0.6 is 11.6 Å². The standard InChI is InChI=1S/C12H10ClNO2/c13-9-1-2-12-8(3-9)4-10(5-14-12)15-6-11-7-16-11/h1-5,11H,6-7H2. The van der Waals surface area contributed by atoms with Crippen LogP contribution in [-0.4, -0.2) is 24.3 Å². The average molecular weight is 236 g/mol. The lowest BCUT2D eigenvalue weighted by molar-refractivity contribution is 0.262. The van der Waals surface area contributed by atoms with Gasteiger partial charge in [0.25, 0.3) is 0 Å². The molecule has 4 heteroatoms. The van der Waals surface area contributed by atoms with Gasteiger partial charge in [0.15, 0.2) is 0 Å². The van der Waals surface area contributed by atoms with Crippen LogP contribution in [0.4, 0.5) is 0 Å². The fraction of sp³-hybridized carbons (Fsp3) is 0.250. The Kier molecular flexibility index (Phi) is 2.42. The fourth-order valence-corrected chi connectivity index (χ4v) is 1.70. The van der Waals surface area contributed by atoms with E-state index >= 15 is 0 Å². The van der Waals surface area contributed by atoms with Gasteiger partial charge >= 0.3 is 0 Å². The molecule has 1 atom stereocenters. The number of aromatic nitrogens is 1. The molecule has 3 nitrogen and oxygen atoms in total. The number of halogens is 1. The molecule has 0 spiro atoms. The normalized spacial score (nSPS) is 18.7. The maximum absolute atomic E-state index is 5.92. The molecule has 0 radical (unpaired) electrons. The third-order valence-electron chi connectivity index (χ3n) is 2.46. The predicted molar refractivity (Wildman–Crippen MR) is 62.0 cm³/mol. The molecule has 2 aromatic rings. The van der Waals surface area contributed by atoms with E-state index in [1.807, 2.05) is 24.3 Å². The Bertz CT molecular complexity index is 525. The summed E-state index contributed by atoms with van der Waals surface area (Å²) >= 11 is 5.92. The van der Waals surface area contributed by atoms with Crippen LogP contribution in [0.2, 0.25) is 5.02 Å². The summed E-state index contributed by atoms with van der Waals surface area (Å²) in [7, 11) is 0. The lowest BCUT2D eigenvalue weighted by atomic mass is 10.2. The maximum Gasteiger partial charge on any atom is 0.138 e. The zero-order valence-electron chi connectivity index (χ0n) is 8.52. The van der Waals surface area contributed by atoms with Gasteiger partial charge < -0.3 is 9.47 Å². The van der Waals surface area contributed by atoms with Crippen molar-refractivity contribution in [2.24, 2.45) is 0 Å². The first kappa shape index (κ1) is 9.87. The van der Waals surface area contributed by atoms with Gasteiger partial charge in [0.1, 0.15) is 18.5 Å². The van der Waals surface area contributed by atoms with Crippen LogP contribution < -0.4 is 4.74 Å². The summed E-state index contributed by atoms with van der Waals surface area (Å²) in [6.45, 7) is 1.39. The number of hydrogen-bond donors (Lipinski definition) is 0. The van der Waals surface area contributed by atoms with Crippen LogP contribution in [0, 0.1) is 0 Å². The van der Waals surface area contributed by atoms with E-state index in [1.54, 1.807) is 6.20 Å². The van der Waals surface area contributed by atoms with Crippen molar-refractivity contribution in [3.8, 4) is 5.75 Å². The van der Waals surface area contributed by atoms with Crippen LogP contribution in [0.25, 0.3) is 10.9 Å². The van der Waals surface area contributed by atoms with Gasteiger partial charge in [0.05, 0.1) is 18.3 Å². The van der Waals surface area contributed by atoms with E-state index in [-0.39, 0.29) is 6.10 Å². The summed E-state index contributed by atoms with van der Waals surface area (Å²) in [5, 5.41) is 1.69. The summed E-state index contributed by atoms with van der Waals surface area (Å²) in [4.78, 5) is 4.30. The Morgan fingerprint density at radius 3 is 3.12 bits per heavy atom. The Morgan fingerprint density at radius 1 is 1.44 bits per heavy atom. The second-order valence-corrected chi connectivity index (χ2v) is 4.21. The number of ether oxygens (including phenoxy) is 2. The van der Waals surface area contributed by atoms with Crippen LogP contribution in [0.15, 0.2) is 30.5 Å². The third kappa shape index (κ3) is 2.10. The Morgan fingerprint density at radius 2 is 2.31 bits per heavy atom. The van der Waals surface area contributed by atoms with Gasteiger partial charge in [-0.15, -0.1) is 0 Å². The van der Waals surface area contributed by atoms with Gasteiger partial charge in [-0.3, -0.25) is 4.98 Å². The molecule has 1 aliphatic heterocycles. The number of nitrogens with zero attached hydrogens (tertiary/aromatic N) is 1. The van der Waals surface area contributed by atoms with E-state index < -0.39 is 0 Å². The molecule has 1 saturated heterocycles. The lowest BCUT2D eigenvalue weighted by Crippen LogP contribution is -2.04. The maximum atomic E-state index is 5.92. The predicted octanol–water partition coefficient (Wildman–Crippen LogP) is 2.67. The quantitative estimate of drug-likeness (QED) is 0.768. The molecule has 0 amide bonds. The topological polar surface area (TPSA) is 34.6 Å². The average Bonchev–Trinajstić information content (AvgIpc) is 3.09. The van der Waals surface area contributed by atoms with Crippen molar-refractivity contribution in [3.63, 3.8) is 0 Å². The van der Waals surface area contributed by atoms with Crippen molar-refractivity contribution in [1.82, 2.24) is 4.98 Å². The smallest absolute Gasteiger partial charge is 0.138 e. The highest BCUT2D eigenvalue weighted by Gasteiger charge is 2.23. The molecule has 1 aromatic heterocycles. The molecular formula is C12H10ClNO2. The zero-order chi connectivity index (χ0) is 11.0. The van der Waals surface area contributed by atoms with Crippen LogP contribution in [0.1, 0.15) is 0 Å². The molecule has 0 bridgehead atoms. The van der Waals surface area contributed by atoms with Crippen molar-refractivity contribution in [2.75, 3.05) is 13.2 Å². The molecule has 1 fully saturated rings. The first-order chi connectivity index (χ1) is 7.81. The van der Waals surface area contributed by atoms with Gasteiger partial charge in [-0.25, -0.2) is 0 Å². The van der Waals surface area contributed by atoms with E-state index in [0.717, 1.165) is 23.3 Å². The van der Waals surface area contributed by atoms with Crippen molar-refractivity contribution in [1.29, 1.82) is 0 Å². The lowest BCUT2D eigenvalue weighted by Gasteiger charge is -2.05. The summed E-state index contributed by atoms with van der Waals surface area (Å²) < 4.78 is 10.6. The van der Waals surface area contributed by atoms with Gasteiger partial charge in [-0.05, 0) is 24.3 Å². The van der Waals surface area contributed by atoms with Crippen molar-refractivity contribution in [2.45, 2.75) is 6.10 Å². The van der Waals surface area contributed by atoms with E-state index in [9.17, 15) is 0 Å². The second-order valence-electron chi connectivity index (χ2n) is 3.77. The minimum absolute atomic E-state index is 0.259. The van der Waals surface area contributed by atoms with Crippen molar-refractivity contribution >= 4 is 22.5 Å².